The Labute approximate surface area is 188 Å². The molecule has 2 aliphatic heterocycles. The molecule has 0 bridgehead atoms. The summed E-state index contributed by atoms with van der Waals surface area (Å²) in [5.41, 5.74) is 1.37. The number of amides is 3. The van der Waals surface area contributed by atoms with Crippen LogP contribution in [0, 0.1) is 11.6 Å². The van der Waals surface area contributed by atoms with Gasteiger partial charge < -0.3 is 9.80 Å². The lowest BCUT2D eigenvalue weighted by molar-refractivity contribution is -0.131. The molecule has 0 saturated carbocycles. The van der Waals surface area contributed by atoms with Gasteiger partial charge in [-0.15, -0.1) is 0 Å². The second kappa shape index (κ2) is 9.44. The molecule has 164 valence electrons. The highest BCUT2D eigenvalue weighted by atomic mass is 35.5. The average Bonchev–Trinajstić information content (AvgIpc) is 2.96. The molecule has 1 unspecified atom stereocenters. The Kier molecular flexibility index (Phi) is 6.67. The first-order valence-electron chi connectivity index (χ1n) is 10.1. The summed E-state index contributed by atoms with van der Waals surface area (Å²) in [5.74, 6) is -1.29. The number of hydrogen-bond donors (Lipinski definition) is 0. The number of carbonyl (C=O) groups excluding carboxylic acids is 2. The highest BCUT2D eigenvalue weighted by Crippen LogP contribution is 2.37. The fourth-order valence-corrected chi connectivity index (χ4v) is 5.49. The summed E-state index contributed by atoms with van der Waals surface area (Å²) in [5, 5.41) is 0.962. The van der Waals surface area contributed by atoms with Crippen LogP contribution in [-0.4, -0.2) is 60.2 Å². The molecule has 31 heavy (non-hydrogen) atoms. The van der Waals surface area contributed by atoms with Gasteiger partial charge in [-0.05, 0) is 30.2 Å². The van der Waals surface area contributed by atoms with Gasteiger partial charge in [0.1, 0.15) is 6.54 Å². The summed E-state index contributed by atoms with van der Waals surface area (Å²) in [4.78, 5) is 30.2. The van der Waals surface area contributed by atoms with E-state index in [-0.39, 0.29) is 29.4 Å². The van der Waals surface area contributed by atoms with E-state index in [0.29, 0.717) is 26.2 Å². The van der Waals surface area contributed by atoms with Crippen LogP contribution in [-0.2, 0) is 4.79 Å². The lowest BCUT2D eigenvalue weighted by atomic mass is 10.1. The summed E-state index contributed by atoms with van der Waals surface area (Å²) in [6.45, 7) is 1.85. The zero-order valence-corrected chi connectivity index (χ0v) is 18.3. The van der Waals surface area contributed by atoms with E-state index in [1.54, 1.807) is 16.7 Å². The minimum absolute atomic E-state index is 0.0273. The van der Waals surface area contributed by atoms with Gasteiger partial charge >= 0.3 is 6.03 Å². The topological polar surface area (TPSA) is 43.9 Å². The molecule has 2 saturated heterocycles. The maximum Gasteiger partial charge on any atom is 0.325 e. The molecule has 2 aromatic rings. The van der Waals surface area contributed by atoms with Crippen molar-refractivity contribution in [1.29, 1.82) is 0 Å². The molecule has 2 fully saturated rings. The Bertz CT molecular complexity index is 993. The van der Waals surface area contributed by atoms with Crippen LogP contribution in [0.4, 0.5) is 19.3 Å². The lowest BCUT2D eigenvalue weighted by Gasteiger charge is -2.24. The maximum absolute atomic E-state index is 13.5. The first-order chi connectivity index (χ1) is 14.9. The van der Waals surface area contributed by atoms with Gasteiger partial charge in [-0.2, -0.15) is 11.8 Å². The average molecular weight is 466 g/mol. The smallest absolute Gasteiger partial charge is 0.325 e. The maximum atomic E-state index is 13.5. The van der Waals surface area contributed by atoms with Gasteiger partial charge in [-0.25, -0.2) is 13.6 Å². The molecule has 0 aromatic heterocycles. The van der Waals surface area contributed by atoms with Crippen molar-refractivity contribution in [3.05, 3.63) is 64.7 Å². The number of carbonyl (C=O) groups is 2. The van der Waals surface area contributed by atoms with Crippen molar-refractivity contribution in [3.8, 4) is 0 Å². The molecule has 2 aliphatic rings. The number of benzene rings is 2. The molecule has 2 aromatic carbocycles. The summed E-state index contributed by atoms with van der Waals surface area (Å²) in [6, 6.07) is 10.7. The number of urea groups is 1. The first kappa shape index (κ1) is 21.9. The van der Waals surface area contributed by atoms with Crippen molar-refractivity contribution < 1.29 is 18.4 Å². The monoisotopic (exact) mass is 465 g/mol. The Hall–Kier alpha value is -2.32. The van der Waals surface area contributed by atoms with E-state index >= 15 is 0 Å². The van der Waals surface area contributed by atoms with Crippen molar-refractivity contribution >= 4 is 41.0 Å². The second-order valence-corrected chi connectivity index (χ2v) is 9.22. The van der Waals surface area contributed by atoms with E-state index in [1.165, 1.54) is 15.9 Å². The fourth-order valence-electron chi connectivity index (χ4n) is 3.89. The van der Waals surface area contributed by atoms with Crippen LogP contribution >= 0.6 is 23.4 Å². The summed E-state index contributed by atoms with van der Waals surface area (Å²) < 4.78 is 26.7. The summed E-state index contributed by atoms with van der Waals surface area (Å²) in [6.07, 6.45) is 0.787. The molecular weight excluding hydrogens is 444 g/mol. The third-order valence-electron chi connectivity index (χ3n) is 5.58. The van der Waals surface area contributed by atoms with Crippen LogP contribution in [0.1, 0.15) is 17.2 Å². The van der Waals surface area contributed by atoms with Gasteiger partial charge in [0, 0.05) is 54.0 Å². The van der Waals surface area contributed by atoms with E-state index in [4.69, 9.17) is 11.6 Å². The summed E-state index contributed by atoms with van der Waals surface area (Å²) in [7, 11) is 0. The highest BCUT2D eigenvalue weighted by Gasteiger charge is 2.33. The van der Waals surface area contributed by atoms with Crippen LogP contribution in [0.2, 0.25) is 5.02 Å². The molecule has 2 heterocycles. The number of anilines is 1. The molecule has 5 nitrogen and oxygen atoms in total. The molecule has 4 rings (SSSR count). The Morgan fingerprint density at radius 2 is 1.87 bits per heavy atom. The third-order valence-corrected chi connectivity index (χ3v) is 7.24. The van der Waals surface area contributed by atoms with Gasteiger partial charge in [0.05, 0.1) is 0 Å². The first-order valence-corrected chi connectivity index (χ1v) is 11.5. The van der Waals surface area contributed by atoms with Crippen LogP contribution < -0.4 is 4.90 Å². The van der Waals surface area contributed by atoms with Gasteiger partial charge in [-0.3, -0.25) is 9.69 Å². The lowest BCUT2D eigenvalue weighted by Crippen LogP contribution is -2.43. The van der Waals surface area contributed by atoms with Crippen LogP contribution in [0.5, 0.6) is 0 Å². The minimum Gasteiger partial charge on any atom is -0.340 e. The quantitative estimate of drug-likeness (QED) is 0.664. The van der Waals surface area contributed by atoms with E-state index in [1.807, 2.05) is 24.3 Å². The summed E-state index contributed by atoms with van der Waals surface area (Å²) >= 11 is 8.12. The molecule has 0 spiro atoms. The number of thioether (sulfide) groups is 1. The number of halogens is 3. The standard InChI is InChI=1S/C22H22ClF2N3O2S/c23-17-4-2-1-3-16(17)20-7-8-26(11-12-31-20)21(29)14-27-9-10-28(22(27)30)15-5-6-18(24)19(25)13-15/h1-6,13,20H,7-12,14H2. The molecule has 3 amide bonds. The predicted molar refractivity (Wildman–Crippen MR) is 119 cm³/mol. The van der Waals surface area contributed by atoms with Crippen LogP contribution in [0.3, 0.4) is 0 Å². The fraction of sp³-hybridized carbons (Fsp3) is 0.364. The molecular formula is C22H22ClF2N3O2S. The van der Waals surface area contributed by atoms with Crippen molar-refractivity contribution in [3.63, 3.8) is 0 Å². The van der Waals surface area contributed by atoms with E-state index in [2.05, 4.69) is 0 Å². The van der Waals surface area contributed by atoms with Crippen LogP contribution in [0.25, 0.3) is 0 Å². The van der Waals surface area contributed by atoms with E-state index in [0.717, 1.165) is 34.9 Å². The molecule has 1 atom stereocenters. The number of hydrogen-bond acceptors (Lipinski definition) is 3. The van der Waals surface area contributed by atoms with Crippen molar-refractivity contribution in [2.45, 2.75) is 11.7 Å². The van der Waals surface area contributed by atoms with Crippen molar-refractivity contribution in [2.75, 3.05) is 43.4 Å². The Balaban J connectivity index is 1.36. The normalized spacial score (nSPS) is 19.6. The van der Waals surface area contributed by atoms with E-state index in [9.17, 15) is 18.4 Å². The van der Waals surface area contributed by atoms with Gasteiger partial charge in [0.2, 0.25) is 5.91 Å². The second-order valence-electron chi connectivity index (χ2n) is 7.50. The molecule has 0 aliphatic carbocycles. The Morgan fingerprint density at radius 3 is 2.65 bits per heavy atom. The number of rotatable bonds is 4. The zero-order chi connectivity index (χ0) is 22.0. The molecule has 9 heteroatoms. The SMILES string of the molecule is O=C(CN1CCN(c2ccc(F)c(F)c2)C1=O)N1CCSC(c2ccccc2Cl)CC1. The van der Waals surface area contributed by atoms with Gasteiger partial charge in [0.25, 0.3) is 0 Å². The van der Waals surface area contributed by atoms with Crippen molar-refractivity contribution in [2.24, 2.45) is 0 Å². The largest absolute Gasteiger partial charge is 0.340 e. The Morgan fingerprint density at radius 1 is 1.06 bits per heavy atom. The van der Waals surface area contributed by atoms with E-state index < -0.39 is 11.6 Å². The predicted octanol–water partition coefficient (Wildman–Crippen LogP) is 4.57. The van der Waals surface area contributed by atoms with Gasteiger partial charge in [-0.1, -0.05) is 29.8 Å². The third kappa shape index (κ3) is 4.80. The molecule has 0 N–H and O–H groups in total. The zero-order valence-electron chi connectivity index (χ0n) is 16.8. The molecule has 0 radical (unpaired) electrons. The van der Waals surface area contributed by atoms with Crippen LogP contribution in [0.15, 0.2) is 42.5 Å². The number of nitrogens with zero attached hydrogens (tertiary/aromatic N) is 3. The van der Waals surface area contributed by atoms with Crippen molar-refractivity contribution in [1.82, 2.24) is 9.80 Å². The highest BCUT2D eigenvalue weighted by molar-refractivity contribution is 7.99. The van der Waals surface area contributed by atoms with Gasteiger partial charge in [0.15, 0.2) is 11.6 Å². The minimum atomic E-state index is -1.00.